The molecule has 9 heteroatoms. The van der Waals surface area contributed by atoms with Crippen molar-refractivity contribution in [3.05, 3.63) is 71.8 Å². The lowest BCUT2D eigenvalue weighted by atomic mass is 10.1. The highest BCUT2D eigenvalue weighted by atomic mass is 16.2. The summed E-state index contributed by atoms with van der Waals surface area (Å²) in [6.07, 6.45) is 5.11. The van der Waals surface area contributed by atoms with Gasteiger partial charge in [-0.1, -0.05) is 29.5 Å². The van der Waals surface area contributed by atoms with E-state index in [2.05, 4.69) is 20.2 Å². The molecule has 0 radical (unpaired) electrons. The van der Waals surface area contributed by atoms with Crippen molar-refractivity contribution in [2.24, 2.45) is 7.05 Å². The first-order valence-corrected chi connectivity index (χ1v) is 11.6. The molecule has 178 valence electrons. The van der Waals surface area contributed by atoms with Crippen LogP contribution in [0.3, 0.4) is 0 Å². The molecule has 0 unspecified atom stereocenters. The molecule has 0 N–H and O–H groups in total. The number of amides is 2. The van der Waals surface area contributed by atoms with Gasteiger partial charge in [0.15, 0.2) is 5.69 Å². The topological polar surface area (TPSA) is 87.5 Å². The summed E-state index contributed by atoms with van der Waals surface area (Å²) >= 11 is 0. The summed E-state index contributed by atoms with van der Waals surface area (Å²) in [7, 11) is 1.75. The summed E-state index contributed by atoms with van der Waals surface area (Å²) in [5.41, 5.74) is 3.13. The van der Waals surface area contributed by atoms with Gasteiger partial charge in [-0.15, -0.1) is 5.10 Å². The Hall–Kier alpha value is -3.59. The van der Waals surface area contributed by atoms with E-state index in [0.717, 1.165) is 49.4 Å². The number of aromatic nitrogens is 4. The Labute approximate surface area is 200 Å². The predicted molar refractivity (Wildman–Crippen MR) is 129 cm³/mol. The molecule has 3 aromatic rings. The molecule has 1 aliphatic heterocycles. The van der Waals surface area contributed by atoms with E-state index in [-0.39, 0.29) is 11.8 Å². The molecule has 34 heavy (non-hydrogen) atoms. The number of aryl methyl sites for hydroxylation is 1. The maximum Gasteiger partial charge on any atom is 0.276 e. The Morgan fingerprint density at radius 2 is 1.74 bits per heavy atom. The van der Waals surface area contributed by atoms with E-state index in [0.29, 0.717) is 25.3 Å². The number of fused-ring (bicyclic) bond motifs is 1. The van der Waals surface area contributed by atoms with E-state index in [1.54, 1.807) is 20.2 Å². The van der Waals surface area contributed by atoms with Crippen LogP contribution in [0.25, 0.3) is 0 Å². The summed E-state index contributed by atoms with van der Waals surface area (Å²) in [6, 6.07) is 13.8. The highest BCUT2D eigenvalue weighted by Gasteiger charge is 2.23. The molecule has 1 aliphatic rings. The molecule has 0 saturated carbocycles. The molecule has 0 aliphatic carbocycles. The number of para-hydroxylation sites is 1. The molecule has 0 saturated heterocycles. The number of nitrogens with zero attached hydrogens (tertiary/aromatic N) is 7. The molecule has 2 aromatic heterocycles. The fourth-order valence-corrected chi connectivity index (χ4v) is 4.35. The van der Waals surface area contributed by atoms with Crippen molar-refractivity contribution in [2.45, 2.75) is 32.9 Å². The second-order valence-corrected chi connectivity index (χ2v) is 8.61. The fraction of sp³-hybridized carbons (Fsp3) is 0.400. The van der Waals surface area contributed by atoms with Crippen LogP contribution in [0.15, 0.2) is 54.9 Å². The van der Waals surface area contributed by atoms with Crippen molar-refractivity contribution in [3.63, 3.8) is 0 Å². The lowest BCUT2D eigenvalue weighted by molar-refractivity contribution is -0.116. The van der Waals surface area contributed by atoms with E-state index in [9.17, 15) is 9.59 Å². The van der Waals surface area contributed by atoms with Gasteiger partial charge in [0.2, 0.25) is 5.91 Å². The Bertz CT molecular complexity index is 1120. The third-order valence-electron chi connectivity index (χ3n) is 6.00. The van der Waals surface area contributed by atoms with Crippen molar-refractivity contribution >= 4 is 17.5 Å². The molecular formula is C25H31N7O2. The number of carbonyl (C=O) groups excluding carboxylic acids is 2. The lowest BCUT2D eigenvalue weighted by Gasteiger charge is -2.31. The number of benzene rings is 1. The number of carbonyl (C=O) groups is 2. The van der Waals surface area contributed by atoms with Crippen LogP contribution in [0.2, 0.25) is 0 Å². The van der Waals surface area contributed by atoms with E-state index < -0.39 is 0 Å². The molecular weight excluding hydrogens is 430 g/mol. The van der Waals surface area contributed by atoms with Crippen molar-refractivity contribution < 1.29 is 9.59 Å². The number of rotatable bonds is 3. The zero-order chi connectivity index (χ0) is 23.9. The van der Waals surface area contributed by atoms with Crippen molar-refractivity contribution in [1.82, 2.24) is 29.8 Å². The largest absolute Gasteiger partial charge is 0.333 e. The maximum absolute atomic E-state index is 13.3. The third-order valence-corrected chi connectivity index (χ3v) is 6.00. The van der Waals surface area contributed by atoms with Crippen molar-refractivity contribution in [1.29, 1.82) is 0 Å². The van der Waals surface area contributed by atoms with Crippen LogP contribution in [0.1, 0.15) is 41.5 Å². The van der Waals surface area contributed by atoms with Gasteiger partial charge in [-0.25, -0.2) is 0 Å². The Morgan fingerprint density at radius 1 is 0.971 bits per heavy atom. The zero-order valence-electron chi connectivity index (χ0n) is 19.8. The maximum atomic E-state index is 13.3. The van der Waals surface area contributed by atoms with E-state index in [4.69, 9.17) is 0 Å². The van der Waals surface area contributed by atoms with Gasteiger partial charge in [-0.3, -0.25) is 24.2 Å². The second kappa shape index (κ2) is 11.0. The Balaban J connectivity index is 1.62. The Morgan fingerprint density at radius 3 is 2.44 bits per heavy atom. The van der Waals surface area contributed by atoms with E-state index >= 15 is 0 Å². The number of anilines is 1. The lowest BCUT2D eigenvalue weighted by Crippen LogP contribution is -2.38. The van der Waals surface area contributed by atoms with Crippen LogP contribution in [-0.2, 0) is 24.9 Å². The predicted octanol–water partition coefficient (Wildman–Crippen LogP) is 2.50. The summed E-state index contributed by atoms with van der Waals surface area (Å²) in [4.78, 5) is 36.4. The van der Waals surface area contributed by atoms with Gasteiger partial charge >= 0.3 is 0 Å². The second-order valence-electron chi connectivity index (χ2n) is 8.61. The number of pyridine rings is 1. The van der Waals surface area contributed by atoms with Crippen molar-refractivity contribution in [3.8, 4) is 0 Å². The third kappa shape index (κ3) is 5.85. The number of hydrogen-bond donors (Lipinski definition) is 0. The first-order valence-electron chi connectivity index (χ1n) is 11.6. The minimum absolute atomic E-state index is 0.00686. The van der Waals surface area contributed by atoms with Crippen LogP contribution < -0.4 is 4.90 Å². The Kier molecular flexibility index (Phi) is 7.64. The standard InChI is InChI=1S/C25H31N7O2/c1-20(33)32-16-8-14-30(18-22-10-5-6-12-26-22)13-7-15-31(17-21-9-3-4-11-24(21)32)25(34)23-19-29(2)28-27-23/h3-6,9-12,19H,7-8,13-18H2,1-2H3. The van der Waals surface area contributed by atoms with Crippen LogP contribution in [0, 0.1) is 0 Å². The highest BCUT2D eigenvalue weighted by Crippen LogP contribution is 2.24. The summed E-state index contributed by atoms with van der Waals surface area (Å²) < 4.78 is 1.53. The first-order chi connectivity index (χ1) is 16.5. The molecule has 4 rings (SSSR count). The SMILES string of the molecule is CC(=O)N1CCCN(Cc2ccccn2)CCCN(C(=O)c2cn(C)nn2)Cc2ccccc21. The normalized spacial score (nSPS) is 15.8. The highest BCUT2D eigenvalue weighted by molar-refractivity contribution is 5.93. The zero-order valence-corrected chi connectivity index (χ0v) is 19.8. The summed E-state index contributed by atoms with van der Waals surface area (Å²) in [5.74, 6) is -0.168. The van der Waals surface area contributed by atoms with E-state index in [1.165, 1.54) is 4.68 Å². The first kappa shape index (κ1) is 23.6. The monoisotopic (exact) mass is 461 g/mol. The quantitative estimate of drug-likeness (QED) is 0.596. The van der Waals surface area contributed by atoms with Gasteiger partial charge in [-0.2, -0.15) is 0 Å². The van der Waals surface area contributed by atoms with Gasteiger partial charge in [-0.05, 0) is 36.6 Å². The molecule has 0 fully saturated rings. The molecule has 0 spiro atoms. The van der Waals surface area contributed by atoms with Gasteiger partial charge in [0.25, 0.3) is 5.91 Å². The van der Waals surface area contributed by atoms with Gasteiger partial charge in [0.05, 0.1) is 11.9 Å². The fourth-order valence-electron chi connectivity index (χ4n) is 4.35. The summed E-state index contributed by atoms with van der Waals surface area (Å²) in [5, 5.41) is 7.95. The molecule has 2 amide bonds. The van der Waals surface area contributed by atoms with Crippen molar-refractivity contribution in [2.75, 3.05) is 31.1 Å². The van der Waals surface area contributed by atoms with E-state index in [1.807, 2.05) is 58.5 Å². The van der Waals surface area contributed by atoms with Gasteiger partial charge in [0, 0.05) is 65.1 Å². The van der Waals surface area contributed by atoms with Gasteiger partial charge < -0.3 is 9.80 Å². The molecule has 0 bridgehead atoms. The average molecular weight is 462 g/mol. The molecule has 9 nitrogen and oxygen atoms in total. The molecule has 0 atom stereocenters. The number of hydrogen-bond acceptors (Lipinski definition) is 6. The van der Waals surface area contributed by atoms with Crippen LogP contribution in [0.4, 0.5) is 5.69 Å². The van der Waals surface area contributed by atoms with Crippen LogP contribution in [0.5, 0.6) is 0 Å². The van der Waals surface area contributed by atoms with Crippen LogP contribution >= 0.6 is 0 Å². The van der Waals surface area contributed by atoms with Gasteiger partial charge in [0.1, 0.15) is 0 Å². The average Bonchev–Trinajstić information content (AvgIpc) is 3.27. The smallest absolute Gasteiger partial charge is 0.276 e. The minimum atomic E-state index is -0.161. The summed E-state index contributed by atoms with van der Waals surface area (Å²) in [6.45, 7) is 5.57. The molecule has 1 aromatic carbocycles. The molecule has 3 heterocycles. The van der Waals surface area contributed by atoms with Crippen LogP contribution in [-0.4, -0.2) is 67.8 Å². The minimum Gasteiger partial charge on any atom is -0.333 e.